The standard InChI is InChI=1S/C23H22N2O6S/c1-29-20-9-7-17(13-22(20)32(27,28)24-15-16-5-3-2-4-6-16)23(26)25-18-8-10-19-21(14-18)31-12-11-30-19/h2-10,13-14,24H,11-12,15H2,1H3,(H,25,26). The van der Waals surface area contributed by atoms with Crippen molar-refractivity contribution in [2.75, 3.05) is 25.6 Å². The van der Waals surface area contributed by atoms with E-state index in [1.807, 2.05) is 30.3 Å². The molecule has 0 aromatic heterocycles. The number of rotatable bonds is 7. The Morgan fingerprint density at radius 3 is 2.47 bits per heavy atom. The third-order valence-corrected chi connectivity index (χ3v) is 6.25. The van der Waals surface area contributed by atoms with Gasteiger partial charge in [-0.3, -0.25) is 4.79 Å². The van der Waals surface area contributed by atoms with Gasteiger partial charge in [0.25, 0.3) is 5.91 Å². The molecule has 2 N–H and O–H groups in total. The number of methoxy groups -OCH3 is 1. The van der Waals surface area contributed by atoms with Gasteiger partial charge >= 0.3 is 0 Å². The van der Waals surface area contributed by atoms with Gasteiger partial charge in [-0.1, -0.05) is 30.3 Å². The second kappa shape index (κ2) is 9.29. The molecule has 0 bridgehead atoms. The lowest BCUT2D eigenvalue weighted by Crippen LogP contribution is -2.24. The van der Waals surface area contributed by atoms with Crippen LogP contribution in [0, 0.1) is 0 Å². The molecular weight excluding hydrogens is 432 g/mol. The van der Waals surface area contributed by atoms with E-state index in [4.69, 9.17) is 14.2 Å². The number of benzene rings is 3. The van der Waals surface area contributed by atoms with Crippen LogP contribution in [-0.2, 0) is 16.6 Å². The highest BCUT2D eigenvalue weighted by Crippen LogP contribution is 2.33. The van der Waals surface area contributed by atoms with E-state index in [1.54, 1.807) is 18.2 Å². The fraction of sp³-hybridized carbons (Fsp3) is 0.174. The number of carbonyl (C=O) groups excluding carboxylic acids is 1. The molecule has 4 rings (SSSR count). The number of sulfonamides is 1. The monoisotopic (exact) mass is 454 g/mol. The fourth-order valence-corrected chi connectivity index (χ4v) is 4.41. The number of hydrogen-bond donors (Lipinski definition) is 2. The zero-order chi connectivity index (χ0) is 22.6. The van der Waals surface area contributed by atoms with Gasteiger partial charge in [0.2, 0.25) is 10.0 Å². The van der Waals surface area contributed by atoms with E-state index >= 15 is 0 Å². The van der Waals surface area contributed by atoms with Crippen LogP contribution in [0.1, 0.15) is 15.9 Å². The van der Waals surface area contributed by atoms with E-state index in [2.05, 4.69) is 10.0 Å². The zero-order valence-corrected chi connectivity index (χ0v) is 18.1. The number of fused-ring (bicyclic) bond motifs is 1. The molecule has 1 aliphatic rings. The predicted octanol–water partition coefficient (Wildman–Crippen LogP) is 3.20. The van der Waals surface area contributed by atoms with Gasteiger partial charge in [-0.2, -0.15) is 0 Å². The first-order valence-corrected chi connectivity index (χ1v) is 11.4. The van der Waals surface area contributed by atoms with Gasteiger partial charge < -0.3 is 19.5 Å². The molecule has 3 aromatic rings. The third-order valence-electron chi connectivity index (χ3n) is 4.82. The molecule has 32 heavy (non-hydrogen) atoms. The van der Waals surface area contributed by atoms with E-state index in [0.29, 0.717) is 30.4 Å². The molecule has 0 radical (unpaired) electrons. The summed E-state index contributed by atoms with van der Waals surface area (Å²) in [5.41, 5.74) is 1.48. The summed E-state index contributed by atoms with van der Waals surface area (Å²) < 4.78 is 44.6. The van der Waals surface area contributed by atoms with Gasteiger partial charge in [-0.05, 0) is 35.9 Å². The van der Waals surface area contributed by atoms with Crippen molar-refractivity contribution >= 4 is 21.6 Å². The van der Waals surface area contributed by atoms with Crippen LogP contribution in [0.5, 0.6) is 17.2 Å². The van der Waals surface area contributed by atoms with Gasteiger partial charge in [-0.25, -0.2) is 13.1 Å². The lowest BCUT2D eigenvalue weighted by Gasteiger charge is -2.19. The lowest BCUT2D eigenvalue weighted by atomic mass is 10.2. The lowest BCUT2D eigenvalue weighted by molar-refractivity contribution is 0.102. The number of hydrogen-bond acceptors (Lipinski definition) is 6. The average molecular weight is 455 g/mol. The Morgan fingerprint density at radius 2 is 1.72 bits per heavy atom. The maximum atomic E-state index is 12.9. The summed E-state index contributed by atoms with van der Waals surface area (Å²) in [4.78, 5) is 12.7. The van der Waals surface area contributed by atoms with Crippen LogP contribution in [0.15, 0.2) is 71.6 Å². The Morgan fingerprint density at radius 1 is 0.969 bits per heavy atom. The van der Waals surface area contributed by atoms with E-state index in [0.717, 1.165) is 5.56 Å². The topological polar surface area (TPSA) is 103 Å². The summed E-state index contributed by atoms with van der Waals surface area (Å²) in [6.07, 6.45) is 0. The Hall–Kier alpha value is -3.56. The second-order valence-electron chi connectivity index (χ2n) is 6.99. The van der Waals surface area contributed by atoms with Crippen molar-refractivity contribution in [3.8, 4) is 17.2 Å². The van der Waals surface area contributed by atoms with Crippen molar-refractivity contribution in [2.24, 2.45) is 0 Å². The highest BCUT2D eigenvalue weighted by atomic mass is 32.2. The van der Waals surface area contributed by atoms with Crippen LogP contribution in [0.3, 0.4) is 0 Å². The number of amides is 1. The molecule has 0 unspecified atom stereocenters. The van der Waals surface area contributed by atoms with Gasteiger partial charge in [-0.15, -0.1) is 0 Å². The highest BCUT2D eigenvalue weighted by Gasteiger charge is 2.22. The summed E-state index contributed by atoms with van der Waals surface area (Å²) in [6.45, 7) is 1.01. The van der Waals surface area contributed by atoms with Crippen molar-refractivity contribution in [1.82, 2.24) is 4.72 Å². The minimum Gasteiger partial charge on any atom is -0.495 e. The summed E-state index contributed by atoms with van der Waals surface area (Å²) in [7, 11) is -2.56. The SMILES string of the molecule is COc1ccc(C(=O)Nc2ccc3c(c2)OCCO3)cc1S(=O)(=O)NCc1ccccc1. The predicted molar refractivity (Wildman–Crippen MR) is 119 cm³/mol. The third kappa shape index (κ3) is 4.84. The molecule has 9 heteroatoms. The van der Waals surface area contributed by atoms with Crippen LogP contribution in [0.4, 0.5) is 5.69 Å². The first-order chi connectivity index (χ1) is 15.5. The first kappa shape index (κ1) is 21.7. The van der Waals surface area contributed by atoms with Crippen molar-refractivity contribution in [2.45, 2.75) is 11.4 Å². The zero-order valence-electron chi connectivity index (χ0n) is 17.3. The highest BCUT2D eigenvalue weighted by molar-refractivity contribution is 7.89. The van der Waals surface area contributed by atoms with Crippen molar-refractivity contribution in [3.63, 3.8) is 0 Å². The molecule has 0 aliphatic carbocycles. The van der Waals surface area contributed by atoms with E-state index in [1.165, 1.54) is 25.3 Å². The summed E-state index contributed by atoms with van der Waals surface area (Å²) in [5, 5.41) is 2.75. The Bertz CT molecular complexity index is 1230. The quantitative estimate of drug-likeness (QED) is 0.568. The van der Waals surface area contributed by atoms with E-state index in [9.17, 15) is 13.2 Å². The van der Waals surface area contributed by atoms with Crippen LogP contribution in [0.25, 0.3) is 0 Å². The molecule has 1 aliphatic heterocycles. The summed E-state index contributed by atoms with van der Waals surface area (Å²) in [5.74, 6) is 0.819. The first-order valence-electron chi connectivity index (χ1n) is 9.89. The van der Waals surface area contributed by atoms with Crippen LogP contribution in [0.2, 0.25) is 0 Å². The molecule has 0 atom stereocenters. The molecule has 3 aromatic carbocycles. The van der Waals surface area contributed by atoms with Gasteiger partial charge in [0, 0.05) is 23.9 Å². The van der Waals surface area contributed by atoms with Crippen LogP contribution < -0.4 is 24.2 Å². The molecule has 0 saturated carbocycles. The largest absolute Gasteiger partial charge is 0.495 e. The Kier molecular flexibility index (Phi) is 6.29. The normalized spacial score (nSPS) is 12.8. The second-order valence-corrected chi connectivity index (χ2v) is 8.72. The number of anilines is 1. The van der Waals surface area contributed by atoms with Crippen molar-refractivity contribution < 1.29 is 27.4 Å². The maximum absolute atomic E-state index is 12.9. The fourth-order valence-electron chi connectivity index (χ4n) is 3.20. The molecule has 166 valence electrons. The van der Waals surface area contributed by atoms with Gasteiger partial charge in [0.1, 0.15) is 23.9 Å². The summed E-state index contributed by atoms with van der Waals surface area (Å²) in [6, 6.07) is 18.4. The number of nitrogens with one attached hydrogen (secondary N) is 2. The van der Waals surface area contributed by atoms with Crippen LogP contribution in [-0.4, -0.2) is 34.6 Å². The molecule has 8 nitrogen and oxygen atoms in total. The van der Waals surface area contributed by atoms with Gasteiger partial charge in [0.05, 0.1) is 7.11 Å². The molecule has 0 spiro atoms. The minimum absolute atomic E-state index is 0.111. The summed E-state index contributed by atoms with van der Waals surface area (Å²) >= 11 is 0. The van der Waals surface area contributed by atoms with E-state index in [-0.39, 0.29) is 22.8 Å². The van der Waals surface area contributed by atoms with Crippen LogP contribution >= 0.6 is 0 Å². The smallest absolute Gasteiger partial charge is 0.255 e. The molecule has 1 heterocycles. The number of carbonyl (C=O) groups is 1. The minimum atomic E-state index is -3.93. The molecule has 1 amide bonds. The van der Waals surface area contributed by atoms with Crippen molar-refractivity contribution in [3.05, 3.63) is 77.9 Å². The average Bonchev–Trinajstić information content (AvgIpc) is 2.83. The Labute approximate surface area is 186 Å². The molecular formula is C23H22N2O6S. The maximum Gasteiger partial charge on any atom is 0.255 e. The van der Waals surface area contributed by atoms with Crippen molar-refractivity contribution in [1.29, 1.82) is 0 Å². The molecule has 0 fully saturated rings. The Balaban J connectivity index is 1.55. The van der Waals surface area contributed by atoms with Gasteiger partial charge in [0.15, 0.2) is 11.5 Å². The number of ether oxygens (including phenoxy) is 3. The van der Waals surface area contributed by atoms with E-state index < -0.39 is 15.9 Å². The molecule has 0 saturated heterocycles.